The first-order chi connectivity index (χ1) is 18.4. The number of hydrogen-bond donors (Lipinski definition) is 1. The number of anilines is 1. The molecule has 0 radical (unpaired) electrons. The number of carbonyl (C=O) groups is 2. The number of amides is 1. The Labute approximate surface area is 232 Å². The van der Waals surface area contributed by atoms with E-state index in [2.05, 4.69) is 9.88 Å². The number of pyridine rings is 1. The first-order valence-corrected chi connectivity index (χ1v) is 13.9. The molecule has 0 spiro atoms. The molecule has 0 bridgehead atoms. The number of nitrogens with zero attached hydrogens (tertiary/aromatic N) is 3. The molecule has 2 aliphatic rings. The van der Waals surface area contributed by atoms with Crippen LogP contribution in [0.3, 0.4) is 0 Å². The molecule has 10 heteroatoms. The number of alkyl halides is 3. The minimum absolute atomic E-state index is 0.0442. The maximum absolute atomic E-state index is 14.2. The summed E-state index contributed by atoms with van der Waals surface area (Å²) in [5.41, 5.74) is -3.02. The number of benzene rings is 1. The lowest BCUT2D eigenvalue weighted by Crippen LogP contribution is -2.57. The van der Waals surface area contributed by atoms with Crippen molar-refractivity contribution in [2.75, 3.05) is 31.1 Å². The number of hydrogen-bond acceptors (Lipinski definition) is 5. The predicted octanol–water partition coefficient (Wildman–Crippen LogP) is 5.97. The number of rotatable bonds is 7. The fraction of sp³-hybridized carbons (Fsp3) is 0.552. The van der Waals surface area contributed by atoms with E-state index < -0.39 is 23.2 Å². The maximum atomic E-state index is 14.2. The zero-order valence-electron chi connectivity index (χ0n) is 22.3. The molecule has 1 amide bonds. The highest BCUT2D eigenvalue weighted by molar-refractivity contribution is 6.31. The Morgan fingerprint density at radius 1 is 1.08 bits per heavy atom. The minimum atomic E-state index is -5.14. The van der Waals surface area contributed by atoms with Gasteiger partial charge >= 0.3 is 6.18 Å². The third-order valence-corrected chi connectivity index (χ3v) is 8.49. The summed E-state index contributed by atoms with van der Waals surface area (Å²) in [5.74, 6) is 0.191. The Kier molecular flexibility index (Phi) is 8.91. The van der Waals surface area contributed by atoms with E-state index in [0.717, 1.165) is 38.2 Å². The van der Waals surface area contributed by atoms with Crippen LogP contribution >= 0.6 is 11.6 Å². The normalized spacial score (nSPS) is 19.3. The monoisotopic (exact) mass is 565 g/mol. The average molecular weight is 566 g/mol. The largest absolute Gasteiger partial charge is 0.430 e. The van der Waals surface area contributed by atoms with Gasteiger partial charge in [-0.25, -0.2) is 4.98 Å². The molecule has 0 aliphatic carbocycles. The van der Waals surface area contributed by atoms with Crippen LogP contribution in [0.1, 0.15) is 73.4 Å². The van der Waals surface area contributed by atoms with Gasteiger partial charge in [0.1, 0.15) is 11.0 Å². The molecule has 1 aromatic carbocycles. The minimum Gasteiger partial charge on any atom is -0.369 e. The number of piperidine rings is 2. The number of aromatic nitrogens is 1. The fourth-order valence-corrected chi connectivity index (χ4v) is 5.89. The van der Waals surface area contributed by atoms with Gasteiger partial charge in [-0.3, -0.25) is 9.59 Å². The molecule has 2 fully saturated rings. The Balaban J connectivity index is 1.33. The molecule has 3 heterocycles. The summed E-state index contributed by atoms with van der Waals surface area (Å²) in [6.07, 6.45) is -0.391. The van der Waals surface area contributed by atoms with Crippen LogP contribution in [0.5, 0.6) is 0 Å². The zero-order chi connectivity index (χ0) is 28.4. The molecule has 0 saturated carbocycles. The second-order valence-corrected chi connectivity index (χ2v) is 11.4. The van der Waals surface area contributed by atoms with E-state index in [0.29, 0.717) is 42.1 Å². The quantitative estimate of drug-likeness (QED) is 0.331. The second-order valence-electron chi connectivity index (χ2n) is 11.1. The van der Waals surface area contributed by atoms with Gasteiger partial charge < -0.3 is 14.9 Å². The van der Waals surface area contributed by atoms with Crippen molar-refractivity contribution in [2.24, 2.45) is 11.8 Å². The molecule has 1 N–H and O–H groups in total. The number of aldehydes is 1. The Bertz CT molecular complexity index is 1180. The number of carbonyl (C=O) groups excluding carboxylic acids is 2. The highest BCUT2D eigenvalue weighted by Gasteiger charge is 2.62. The molecule has 6 nitrogen and oxygen atoms in total. The van der Waals surface area contributed by atoms with E-state index in [1.807, 2.05) is 13.8 Å². The van der Waals surface area contributed by atoms with Crippen molar-refractivity contribution in [1.29, 1.82) is 0 Å². The second kappa shape index (κ2) is 11.8. The Morgan fingerprint density at radius 2 is 1.69 bits per heavy atom. The van der Waals surface area contributed by atoms with Gasteiger partial charge in [0.05, 0.1) is 5.56 Å². The summed E-state index contributed by atoms with van der Waals surface area (Å²) in [4.78, 5) is 31.8. The zero-order valence-corrected chi connectivity index (χ0v) is 23.0. The van der Waals surface area contributed by atoms with Crippen LogP contribution in [0.25, 0.3) is 0 Å². The van der Waals surface area contributed by atoms with Crippen molar-refractivity contribution in [3.63, 3.8) is 0 Å². The Hall–Kier alpha value is -2.65. The molecular formula is C29H35ClF3N3O3. The van der Waals surface area contributed by atoms with Crippen molar-refractivity contribution in [1.82, 2.24) is 9.88 Å². The lowest BCUT2D eigenvalue weighted by Gasteiger charge is -2.40. The number of halogens is 4. The topological polar surface area (TPSA) is 73.7 Å². The third-order valence-electron chi connectivity index (χ3n) is 8.19. The Morgan fingerprint density at radius 3 is 2.23 bits per heavy atom. The standard InChI is InChI=1S/C29H35ClF3N3O3/c1-19(2)22-4-3-5-24(17-22)28(39,29(31,32)33)27(38)36-14-10-21(11-15-36)16-20-8-12-35(13-9-20)25-7-6-23(18-37)26(30)34-25/h3-7,17-21,39H,8-16H2,1-2H3. The molecular weight excluding hydrogens is 531 g/mol. The molecule has 212 valence electrons. The number of likely N-dealkylation sites (tertiary alicyclic amines) is 1. The van der Waals surface area contributed by atoms with E-state index in [1.165, 1.54) is 23.1 Å². The molecule has 2 aliphatic heterocycles. The predicted molar refractivity (Wildman–Crippen MR) is 144 cm³/mol. The van der Waals surface area contributed by atoms with Gasteiger partial charge in [0.25, 0.3) is 11.5 Å². The van der Waals surface area contributed by atoms with Gasteiger partial charge in [-0.15, -0.1) is 0 Å². The van der Waals surface area contributed by atoms with Crippen LogP contribution in [0.15, 0.2) is 36.4 Å². The highest BCUT2D eigenvalue weighted by Crippen LogP contribution is 2.42. The van der Waals surface area contributed by atoms with Gasteiger partial charge in [-0.2, -0.15) is 13.2 Å². The molecule has 1 unspecified atom stereocenters. The lowest BCUT2D eigenvalue weighted by molar-refractivity contribution is -0.262. The van der Waals surface area contributed by atoms with Gasteiger partial charge in [0.15, 0.2) is 6.29 Å². The van der Waals surface area contributed by atoms with E-state index >= 15 is 0 Å². The van der Waals surface area contributed by atoms with Crippen LogP contribution in [-0.4, -0.2) is 59.5 Å². The van der Waals surface area contributed by atoms with E-state index in [9.17, 15) is 27.9 Å². The van der Waals surface area contributed by atoms with Gasteiger partial charge in [0, 0.05) is 31.7 Å². The van der Waals surface area contributed by atoms with Crippen molar-refractivity contribution in [3.8, 4) is 0 Å². The molecule has 2 saturated heterocycles. The SMILES string of the molecule is CC(C)c1cccc(C(O)(C(=O)N2CCC(CC3CCN(c4ccc(C=O)c(Cl)n4)CC3)CC2)C(F)(F)F)c1. The maximum Gasteiger partial charge on any atom is 0.430 e. The summed E-state index contributed by atoms with van der Waals surface area (Å²) in [7, 11) is 0. The van der Waals surface area contributed by atoms with Crippen molar-refractivity contribution < 1.29 is 27.9 Å². The van der Waals surface area contributed by atoms with E-state index in [1.54, 1.807) is 18.2 Å². The van der Waals surface area contributed by atoms with Crippen LogP contribution in [0.2, 0.25) is 5.15 Å². The highest BCUT2D eigenvalue weighted by atomic mass is 35.5. The smallest absolute Gasteiger partial charge is 0.369 e. The first kappa shape index (κ1) is 29.3. The van der Waals surface area contributed by atoms with Gasteiger partial charge in [-0.05, 0) is 67.6 Å². The molecule has 39 heavy (non-hydrogen) atoms. The third kappa shape index (κ3) is 6.24. The van der Waals surface area contributed by atoms with Crippen LogP contribution in [-0.2, 0) is 10.4 Å². The molecule has 4 rings (SSSR count). The molecule has 2 aromatic rings. The van der Waals surface area contributed by atoms with Crippen molar-refractivity contribution in [3.05, 3.63) is 58.2 Å². The lowest BCUT2D eigenvalue weighted by atomic mass is 9.82. The summed E-state index contributed by atoms with van der Waals surface area (Å²) in [5, 5.41) is 11.1. The van der Waals surface area contributed by atoms with E-state index in [4.69, 9.17) is 11.6 Å². The first-order valence-electron chi connectivity index (χ1n) is 13.5. The summed E-state index contributed by atoms with van der Waals surface area (Å²) >= 11 is 6.07. The average Bonchev–Trinajstić information content (AvgIpc) is 2.92. The van der Waals surface area contributed by atoms with E-state index in [-0.39, 0.29) is 24.2 Å². The number of aliphatic hydroxyl groups is 1. The summed E-state index contributed by atoms with van der Waals surface area (Å²) in [6, 6.07) is 9.08. The molecule has 1 atom stereocenters. The molecule has 1 aromatic heterocycles. The van der Waals surface area contributed by atoms with Gasteiger partial charge in [0.2, 0.25) is 0 Å². The van der Waals surface area contributed by atoms with Crippen molar-refractivity contribution in [2.45, 2.75) is 63.6 Å². The van der Waals surface area contributed by atoms with Crippen molar-refractivity contribution >= 4 is 29.6 Å². The van der Waals surface area contributed by atoms with Crippen LogP contribution in [0.4, 0.5) is 19.0 Å². The summed E-state index contributed by atoms with van der Waals surface area (Å²) in [6.45, 7) is 5.69. The van der Waals surface area contributed by atoms with Gasteiger partial charge in [-0.1, -0.05) is 49.7 Å². The fourth-order valence-electron chi connectivity index (χ4n) is 5.70. The van der Waals surface area contributed by atoms with Crippen LogP contribution in [0, 0.1) is 11.8 Å². The van der Waals surface area contributed by atoms with Crippen LogP contribution < -0.4 is 4.90 Å². The summed E-state index contributed by atoms with van der Waals surface area (Å²) < 4.78 is 42.6.